The number of ether oxygens (including phenoxy) is 1. The monoisotopic (exact) mass is 354 g/mol. The van der Waals surface area contributed by atoms with Crippen LogP contribution in [0.25, 0.3) is 0 Å². The van der Waals surface area contributed by atoms with Crippen molar-refractivity contribution in [2.45, 2.75) is 56.7 Å². The van der Waals surface area contributed by atoms with Crippen LogP contribution < -0.4 is 4.74 Å². The number of amides is 1. The molecule has 136 valence electrons. The van der Waals surface area contributed by atoms with Crippen LogP contribution >= 0.6 is 0 Å². The number of benzene rings is 1. The van der Waals surface area contributed by atoms with Gasteiger partial charge in [0.25, 0.3) is 0 Å². The second-order valence-corrected chi connectivity index (χ2v) is 7.16. The van der Waals surface area contributed by atoms with E-state index in [0.717, 1.165) is 25.7 Å². The molecule has 1 aromatic carbocycles. The van der Waals surface area contributed by atoms with Gasteiger partial charge in [-0.3, -0.25) is 4.79 Å². The lowest BCUT2D eigenvalue weighted by atomic mass is 9.98. The van der Waals surface area contributed by atoms with Crippen LogP contribution in [0, 0.1) is 5.82 Å². The topological polar surface area (TPSA) is 42.4 Å². The third-order valence-electron chi connectivity index (χ3n) is 5.47. The highest BCUT2D eigenvalue weighted by Gasteiger charge is 2.43. The summed E-state index contributed by atoms with van der Waals surface area (Å²) >= 11 is 0. The summed E-state index contributed by atoms with van der Waals surface area (Å²) in [6.45, 7) is 0. The fourth-order valence-electron chi connectivity index (χ4n) is 4.29. The Kier molecular flexibility index (Phi) is 4.87. The van der Waals surface area contributed by atoms with E-state index in [2.05, 4.69) is 4.98 Å². The van der Waals surface area contributed by atoms with Gasteiger partial charge in [0.1, 0.15) is 11.9 Å². The molecule has 3 heterocycles. The Morgan fingerprint density at radius 2 is 1.85 bits per heavy atom. The number of aryl methyl sites for hydroxylation is 1. The highest BCUT2D eigenvalue weighted by Crippen LogP contribution is 2.37. The van der Waals surface area contributed by atoms with Crippen molar-refractivity contribution in [1.29, 1.82) is 0 Å². The summed E-state index contributed by atoms with van der Waals surface area (Å²) in [5, 5.41) is 0. The van der Waals surface area contributed by atoms with E-state index in [0.29, 0.717) is 24.3 Å². The lowest BCUT2D eigenvalue weighted by Gasteiger charge is -2.38. The van der Waals surface area contributed by atoms with Crippen LogP contribution in [-0.2, 0) is 11.2 Å². The zero-order chi connectivity index (χ0) is 17.9. The number of carbonyl (C=O) groups is 1. The standard InChI is InChI=1S/C21H23FN2O2/c22-19-6-2-1-5-15(19)8-11-21(25)24-16-9-10-17(24)14-18(13-16)26-20-7-3-4-12-23-20/h1-7,12,16-18H,8-11,13-14H2. The van der Waals surface area contributed by atoms with Crippen LogP contribution in [0.3, 0.4) is 0 Å². The van der Waals surface area contributed by atoms with Crippen molar-refractivity contribution >= 4 is 5.91 Å². The van der Waals surface area contributed by atoms with Gasteiger partial charge in [-0.25, -0.2) is 9.37 Å². The molecule has 4 nitrogen and oxygen atoms in total. The normalized spacial score (nSPS) is 24.5. The minimum Gasteiger partial charge on any atom is -0.474 e. The first kappa shape index (κ1) is 17.0. The van der Waals surface area contributed by atoms with E-state index in [-0.39, 0.29) is 29.9 Å². The Labute approximate surface area is 153 Å². The molecule has 4 rings (SSSR count). The third-order valence-corrected chi connectivity index (χ3v) is 5.47. The Morgan fingerprint density at radius 3 is 2.54 bits per heavy atom. The van der Waals surface area contributed by atoms with E-state index < -0.39 is 0 Å². The van der Waals surface area contributed by atoms with Gasteiger partial charge in [0.15, 0.2) is 0 Å². The summed E-state index contributed by atoms with van der Waals surface area (Å²) in [5.74, 6) is 0.555. The second kappa shape index (κ2) is 7.44. The van der Waals surface area contributed by atoms with Crippen molar-refractivity contribution in [3.63, 3.8) is 0 Å². The zero-order valence-corrected chi connectivity index (χ0v) is 14.7. The first-order chi connectivity index (χ1) is 12.7. The third kappa shape index (κ3) is 3.57. The zero-order valence-electron chi connectivity index (χ0n) is 14.7. The summed E-state index contributed by atoms with van der Waals surface area (Å²) in [4.78, 5) is 19.0. The van der Waals surface area contributed by atoms with Crippen LogP contribution in [0.1, 0.15) is 37.7 Å². The molecular weight excluding hydrogens is 331 g/mol. The molecule has 26 heavy (non-hydrogen) atoms. The molecule has 0 N–H and O–H groups in total. The molecule has 2 aliphatic heterocycles. The lowest BCUT2D eigenvalue weighted by Crippen LogP contribution is -2.49. The Bertz CT molecular complexity index is 754. The number of aromatic nitrogens is 1. The molecule has 2 aromatic rings. The Morgan fingerprint density at radius 1 is 1.12 bits per heavy atom. The van der Waals surface area contributed by atoms with E-state index in [1.807, 2.05) is 29.2 Å². The van der Waals surface area contributed by atoms with Gasteiger partial charge in [-0.1, -0.05) is 24.3 Å². The molecule has 2 saturated heterocycles. The molecule has 2 fully saturated rings. The number of fused-ring (bicyclic) bond motifs is 2. The number of carbonyl (C=O) groups excluding carboxylic acids is 1. The van der Waals surface area contributed by atoms with Crippen molar-refractivity contribution in [1.82, 2.24) is 9.88 Å². The maximum Gasteiger partial charge on any atom is 0.223 e. The smallest absolute Gasteiger partial charge is 0.223 e. The number of rotatable bonds is 5. The van der Waals surface area contributed by atoms with Crippen molar-refractivity contribution in [2.75, 3.05) is 0 Å². The second-order valence-electron chi connectivity index (χ2n) is 7.16. The molecule has 1 amide bonds. The highest BCUT2D eigenvalue weighted by atomic mass is 19.1. The van der Waals surface area contributed by atoms with Crippen molar-refractivity contribution < 1.29 is 13.9 Å². The molecule has 0 radical (unpaired) electrons. The molecule has 2 bridgehead atoms. The molecule has 0 spiro atoms. The van der Waals surface area contributed by atoms with Gasteiger partial charge in [-0.15, -0.1) is 0 Å². The first-order valence-corrected chi connectivity index (χ1v) is 9.33. The number of hydrogen-bond donors (Lipinski definition) is 0. The van der Waals surface area contributed by atoms with E-state index in [1.165, 1.54) is 6.07 Å². The summed E-state index contributed by atoms with van der Waals surface area (Å²) in [6, 6.07) is 12.8. The molecule has 2 unspecified atom stereocenters. The molecular formula is C21H23FN2O2. The van der Waals surface area contributed by atoms with E-state index >= 15 is 0 Å². The maximum absolute atomic E-state index is 13.8. The van der Waals surface area contributed by atoms with Crippen LogP contribution in [0.15, 0.2) is 48.7 Å². The number of hydrogen-bond acceptors (Lipinski definition) is 3. The SMILES string of the molecule is O=C(CCc1ccccc1F)N1C2CCC1CC(Oc1ccccn1)C2. The fraction of sp³-hybridized carbons (Fsp3) is 0.429. The quantitative estimate of drug-likeness (QED) is 0.821. The predicted molar refractivity (Wildman–Crippen MR) is 96.3 cm³/mol. The summed E-state index contributed by atoms with van der Waals surface area (Å²) in [7, 11) is 0. The number of piperidine rings is 1. The van der Waals surface area contributed by atoms with Gasteiger partial charge in [0.2, 0.25) is 11.8 Å². The largest absolute Gasteiger partial charge is 0.474 e. The highest BCUT2D eigenvalue weighted by molar-refractivity contribution is 5.77. The van der Waals surface area contributed by atoms with Crippen LogP contribution in [0.2, 0.25) is 0 Å². The van der Waals surface area contributed by atoms with Crippen molar-refractivity contribution in [3.8, 4) is 5.88 Å². The summed E-state index contributed by atoms with van der Waals surface area (Å²) < 4.78 is 19.8. The van der Waals surface area contributed by atoms with Crippen molar-refractivity contribution in [3.05, 3.63) is 60.0 Å². The van der Waals surface area contributed by atoms with Gasteiger partial charge in [0.05, 0.1) is 0 Å². The molecule has 0 saturated carbocycles. The Balaban J connectivity index is 1.35. The van der Waals surface area contributed by atoms with Crippen molar-refractivity contribution in [2.24, 2.45) is 0 Å². The lowest BCUT2D eigenvalue weighted by molar-refractivity contribution is -0.137. The number of pyridine rings is 1. The summed E-state index contributed by atoms with van der Waals surface area (Å²) in [5.41, 5.74) is 0.613. The van der Waals surface area contributed by atoms with Gasteiger partial charge < -0.3 is 9.64 Å². The average molecular weight is 354 g/mol. The fourth-order valence-corrected chi connectivity index (χ4v) is 4.29. The van der Waals surface area contributed by atoms with Gasteiger partial charge >= 0.3 is 0 Å². The molecule has 1 aromatic heterocycles. The molecule has 2 aliphatic rings. The molecule has 0 aliphatic carbocycles. The Hall–Kier alpha value is -2.43. The minimum atomic E-state index is -0.231. The van der Waals surface area contributed by atoms with E-state index in [4.69, 9.17) is 4.74 Å². The van der Waals surface area contributed by atoms with Crippen LogP contribution in [0.5, 0.6) is 5.88 Å². The number of halogens is 1. The first-order valence-electron chi connectivity index (χ1n) is 9.33. The summed E-state index contributed by atoms with van der Waals surface area (Å²) in [6.07, 6.45) is 6.39. The average Bonchev–Trinajstić information content (AvgIpc) is 2.93. The molecule has 5 heteroatoms. The van der Waals surface area contributed by atoms with Crippen LogP contribution in [-0.4, -0.2) is 34.0 Å². The van der Waals surface area contributed by atoms with Gasteiger partial charge in [0, 0.05) is 43.6 Å². The minimum absolute atomic E-state index is 0.109. The van der Waals surface area contributed by atoms with Gasteiger partial charge in [-0.2, -0.15) is 0 Å². The van der Waals surface area contributed by atoms with E-state index in [9.17, 15) is 9.18 Å². The number of nitrogens with zero attached hydrogens (tertiary/aromatic N) is 2. The van der Waals surface area contributed by atoms with Gasteiger partial charge in [-0.05, 0) is 37.0 Å². The predicted octanol–water partition coefficient (Wildman–Crippen LogP) is 3.75. The van der Waals surface area contributed by atoms with Crippen LogP contribution in [0.4, 0.5) is 4.39 Å². The van der Waals surface area contributed by atoms with E-state index in [1.54, 1.807) is 18.3 Å². The maximum atomic E-state index is 13.8. The molecule has 2 atom stereocenters.